The van der Waals surface area contributed by atoms with E-state index in [0.29, 0.717) is 0 Å². The lowest BCUT2D eigenvalue weighted by Crippen LogP contribution is -2.14. The zero-order chi connectivity index (χ0) is 12.1. The van der Waals surface area contributed by atoms with Crippen molar-refractivity contribution in [2.24, 2.45) is 0 Å². The van der Waals surface area contributed by atoms with Gasteiger partial charge in [-0.3, -0.25) is 0 Å². The molecule has 2 heteroatoms. The average Bonchev–Trinajstić information content (AvgIpc) is 2.40. The summed E-state index contributed by atoms with van der Waals surface area (Å²) in [4.78, 5) is 0. The van der Waals surface area contributed by atoms with Crippen molar-refractivity contribution >= 4 is 19.9 Å². The van der Waals surface area contributed by atoms with Gasteiger partial charge in [-0.25, -0.2) is 0 Å². The van der Waals surface area contributed by atoms with Gasteiger partial charge in [0.2, 0.25) is 0 Å². The molecule has 0 spiro atoms. The van der Waals surface area contributed by atoms with E-state index in [4.69, 9.17) is 4.74 Å². The molecule has 0 bridgehead atoms. The van der Waals surface area contributed by atoms with Crippen LogP contribution in [-0.4, -0.2) is 16.6 Å². The molecule has 0 saturated carbocycles. The molecular formula is C15H16OSi. The second-order valence-electron chi connectivity index (χ2n) is 3.97. The molecule has 0 heterocycles. The standard InChI is InChI=1S/C15H16OSi/c1-12(17-13-8-4-3-5-9-13)14-10-6-7-11-15(14)16-2/h3-11H,1,17H2,2H3. The van der Waals surface area contributed by atoms with Crippen molar-refractivity contribution in [3.8, 4) is 5.75 Å². The summed E-state index contributed by atoms with van der Waals surface area (Å²) in [6.07, 6.45) is 0. The molecule has 0 aromatic heterocycles. The second-order valence-corrected chi connectivity index (χ2v) is 5.99. The molecule has 0 amide bonds. The lowest BCUT2D eigenvalue weighted by Gasteiger charge is -2.10. The molecule has 2 aromatic carbocycles. The van der Waals surface area contributed by atoms with Gasteiger partial charge >= 0.3 is 0 Å². The molecule has 2 aromatic rings. The predicted molar refractivity (Wildman–Crippen MR) is 76.6 cm³/mol. The SMILES string of the molecule is C=C([SiH2]c1ccccc1)c1ccccc1OC. The van der Waals surface area contributed by atoms with Gasteiger partial charge in [-0.1, -0.05) is 65.5 Å². The molecule has 0 saturated heterocycles. The largest absolute Gasteiger partial charge is 0.496 e. The van der Waals surface area contributed by atoms with Crippen molar-refractivity contribution in [1.29, 1.82) is 0 Å². The van der Waals surface area contributed by atoms with E-state index in [1.165, 1.54) is 10.4 Å². The third-order valence-corrected chi connectivity index (χ3v) is 4.44. The fraction of sp³-hybridized carbons (Fsp3) is 0.0667. The third-order valence-electron chi connectivity index (χ3n) is 2.75. The van der Waals surface area contributed by atoms with Gasteiger partial charge < -0.3 is 4.74 Å². The minimum atomic E-state index is -0.490. The van der Waals surface area contributed by atoms with Gasteiger partial charge in [0.1, 0.15) is 5.75 Å². The van der Waals surface area contributed by atoms with Crippen LogP contribution in [0.4, 0.5) is 0 Å². The van der Waals surface area contributed by atoms with Gasteiger partial charge in [-0.05, 0) is 6.07 Å². The van der Waals surface area contributed by atoms with Gasteiger partial charge in [-0.2, -0.15) is 0 Å². The molecule has 0 aliphatic carbocycles. The Morgan fingerprint density at radius 3 is 2.35 bits per heavy atom. The highest BCUT2D eigenvalue weighted by molar-refractivity contribution is 6.73. The highest BCUT2D eigenvalue weighted by atomic mass is 28.2. The van der Waals surface area contributed by atoms with Crippen molar-refractivity contribution in [2.45, 2.75) is 0 Å². The Hall–Kier alpha value is -1.80. The Morgan fingerprint density at radius 1 is 1.00 bits per heavy atom. The van der Waals surface area contributed by atoms with E-state index >= 15 is 0 Å². The zero-order valence-corrected chi connectivity index (χ0v) is 11.4. The summed E-state index contributed by atoms with van der Waals surface area (Å²) in [5.41, 5.74) is 1.14. The minimum absolute atomic E-state index is 0.490. The number of hydrogen-bond donors (Lipinski definition) is 0. The molecular weight excluding hydrogens is 224 g/mol. The molecule has 0 aliphatic heterocycles. The summed E-state index contributed by atoms with van der Waals surface area (Å²) >= 11 is 0. The number of ether oxygens (including phenoxy) is 1. The van der Waals surface area contributed by atoms with Gasteiger partial charge in [0.05, 0.1) is 16.6 Å². The zero-order valence-electron chi connectivity index (χ0n) is 10.0. The first kappa shape index (κ1) is 11.7. The summed E-state index contributed by atoms with van der Waals surface area (Å²) in [5.74, 6) is 0.918. The average molecular weight is 240 g/mol. The van der Waals surface area contributed by atoms with Gasteiger partial charge in [-0.15, -0.1) is 0 Å². The highest BCUT2D eigenvalue weighted by Crippen LogP contribution is 2.23. The van der Waals surface area contributed by atoms with Crippen LogP contribution in [-0.2, 0) is 0 Å². The molecule has 0 unspecified atom stereocenters. The van der Waals surface area contributed by atoms with Crippen LogP contribution in [0.3, 0.4) is 0 Å². The van der Waals surface area contributed by atoms with E-state index in [9.17, 15) is 0 Å². The topological polar surface area (TPSA) is 9.23 Å². The van der Waals surface area contributed by atoms with Crippen LogP contribution in [0.5, 0.6) is 5.75 Å². The van der Waals surface area contributed by atoms with Gasteiger partial charge in [0.15, 0.2) is 0 Å². The molecule has 86 valence electrons. The van der Waals surface area contributed by atoms with Crippen LogP contribution in [0, 0.1) is 0 Å². The normalized spacial score (nSPS) is 10.6. The molecule has 0 N–H and O–H groups in total. The van der Waals surface area contributed by atoms with Crippen LogP contribution >= 0.6 is 0 Å². The van der Waals surface area contributed by atoms with E-state index in [1.54, 1.807) is 7.11 Å². The molecule has 17 heavy (non-hydrogen) atoms. The Bertz CT molecular complexity index is 505. The minimum Gasteiger partial charge on any atom is -0.496 e. The Morgan fingerprint density at radius 2 is 1.65 bits per heavy atom. The molecule has 2 rings (SSSR count). The molecule has 0 fully saturated rings. The molecule has 0 radical (unpaired) electrons. The van der Waals surface area contributed by atoms with E-state index in [0.717, 1.165) is 11.3 Å². The Labute approximate surface area is 105 Å². The number of para-hydroxylation sites is 1. The molecule has 1 nitrogen and oxygen atoms in total. The summed E-state index contributed by atoms with van der Waals surface area (Å²) in [7, 11) is 1.21. The lowest BCUT2D eigenvalue weighted by atomic mass is 10.2. The molecule has 0 atom stereocenters. The Balaban J connectivity index is 2.20. The van der Waals surface area contributed by atoms with Crippen molar-refractivity contribution < 1.29 is 4.74 Å². The summed E-state index contributed by atoms with van der Waals surface area (Å²) in [6, 6.07) is 18.6. The predicted octanol–water partition coefficient (Wildman–Crippen LogP) is 2.16. The van der Waals surface area contributed by atoms with E-state index in [1.807, 2.05) is 24.3 Å². The maximum atomic E-state index is 5.37. The second kappa shape index (κ2) is 5.50. The van der Waals surface area contributed by atoms with E-state index in [2.05, 4.69) is 36.9 Å². The van der Waals surface area contributed by atoms with Gasteiger partial charge in [0, 0.05) is 5.56 Å². The number of methoxy groups -OCH3 is 1. The lowest BCUT2D eigenvalue weighted by molar-refractivity contribution is 0.413. The summed E-state index contributed by atoms with van der Waals surface area (Å²) < 4.78 is 5.37. The maximum absolute atomic E-state index is 5.37. The molecule has 0 aliphatic rings. The summed E-state index contributed by atoms with van der Waals surface area (Å²) in [5, 5.41) is 2.62. The number of hydrogen-bond acceptors (Lipinski definition) is 1. The quantitative estimate of drug-likeness (QED) is 0.744. The number of benzene rings is 2. The number of rotatable bonds is 4. The Kier molecular flexibility index (Phi) is 3.78. The van der Waals surface area contributed by atoms with Crippen molar-refractivity contribution in [3.63, 3.8) is 0 Å². The van der Waals surface area contributed by atoms with Crippen molar-refractivity contribution in [2.75, 3.05) is 7.11 Å². The third kappa shape index (κ3) is 2.86. The van der Waals surface area contributed by atoms with E-state index < -0.39 is 9.52 Å². The van der Waals surface area contributed by atoms with Crippen molar-refractivity contribution in [3.05, 3.63) is 66.7 Å². The first-order chi connectivity index (χ1) is 8.31. The van der Waals surface area contributed by atoms with Crippen LogP contribution in [0.2, 0.25) is 0 Å². The summed E-state index contributed by atoms with van der Waals surface area (Å²) in [6.45, 7) is 4.21. The van der Waals surface area contributed by atoms with Crippen LogP contribution in [0.1, 0.15) is 5.56 Å². The fourth-order valence-electron chi connectivity index (χ4n) is 1.87. The van der Waals surface area contributed by atoms with Crippen LogP contribution in [0.25, 0.3) is 5.20 Å². The van der Waals surface area contributed by atoms with Crippen LogP contribution in [0.15, 0.2) is 61.2 Å². The first-order valence-electron chi connectivity index (χ1n) is 5.66. The van der Waals surface area contributed by atoms with Crippen LogP contribution < -0.4 is 9.92 Å². The highest BCUT2D eigenvalue weighted by Gasteiger charge is 2.06. The van der Waals surface area contributed by atoms with Gasteiger partial charge in [0.25, 0.3) is 0 Å². The monoisotopic (exact) mass is 240 g/mol. The van der Waals surface area contributed by atoms with Crippen molar-refractivity contribution in [1.82, 2.24) is 0 Å². The smallest absolute Gasteiger partial charge is 0.125 e. The maximum Gasteiger partial charge on any atom is 0.125 e. The first-order valence-corrected chi connectivity index (χ1v) is 7.08. The fourth-order valence-corrected chi connectivity index (χ4v) is 3.36. The van der Waals surface area contributed by atoms with E-state index in [-0.39, 0.29) is 0 Å².